The SMILES string of the molecule is O=C(O)[C@@H](Oc1ccc(Br)cc1Cl)c1ccccc1. The van der Waals surface area contributed by atoms with E-state index in [9.17, 15) is 9.90 Å². The highest BCUT2D eigenvalue weighted by Gasteiger charge is 2.22. The van der Waals surface area contributed by atoms with Crippen molar-refractivity contribution in [3.8, 4) is 5.75 Å². The van der Waals surface area contributed by atoms with Gasteiger partial charge in [0.2, 0.25) is 6.10 Å². The van der Waals surface area contributed by atoms with E-state index in [0.29, 0.717) is 16.3 Å². The van der Waals surface area contributed by atoms with Crippen molar-refractivity contribution in [2.45, 2.75) is 6.10 Å². The quantitative estimate of drug-likeness (QED) is 0.901. The smallest absolute Gasteiger partial charge is 0.349 e. The molecule has 0 aliphatic heterocycles. The Morgan fingerprint density at radius 1 is 1.21 bits per heavy atom. The third kappa shape index (κ3) is 3.49. The summed E-state index contributed by atoms with van der Waals surface area (Å²) in [4.78, 5) is 11.3. The van der Waals surface area contributed by atoms with Crippen LogP contribution in [0.1, 0.15) is 11.7 Å². The van der Waals surface area contributed by atoms with Crippen LogP contribution in [0.2, 0.25) is 5.02 Å². The minimum atomic E-state index is -1.08. The van der Waals surface area contributed by atoms with Gasteiger partial charge >= 0.3 is 5.97 Å². The van der Waals surface area contributed by atoms with Gasteiger partial charge in [0.1, 0.15) is 5.75 Å². The maximum absolute atomic E-state index is 11.3. The number of carboxylic acid groups (broad SMARTS) is 1. The number of halogens is 2. The predicted octanol–water partition coefficient (Wildman–Crippen LogP) is 4.31. The molecule has 19 heavy (non-hydrogen) atoms. The average molecular weight is 342 g/mol. The predicted molar refractivity (Wildman–Crippen MR) is 76.6 cm³/mol. The van der Waals surface area contributed by atoms with Crippen molar-refractivity contribution in [2.24, 2.45) is 0 Å². The Morgan fingerprint density at radius 3 is 2.47 bits per heavy atom. The van der Waals surface area contributed by atoms with E-state index >= 15 is 0 Å². The van der Waals surface area contributed by atoms with Gasteiger partial charge in [-0.15, -0.1) is 0 Å². The van der Waals surface area contributed by atoms with E-state index in [0.717, 1.165) is 4.47 Å². The average Bonchev–Trinajstić information content (AvgIpc) is 2.38. The monoisotopic (exact) mass is 340 g/mol. The molecule has 1 atom stereocenters. The second kappa shape index (κ2) is 6.08. The maximum atomic E-state index is 11.3. The van der Waals surface area contributed by atoms with Crippen LogP contribution in [-0.4, -0.2) is 11.1 Å². The number of rotatable bonds is 4. The first-order valence-corrected chi connectivity index (χ1v) is 6.64. The fraction of sp³-hybridized carbons (Fsp3) is 0.0714. The van der Waals surface area contributed by atoms with Gasteiger partial charge in [-0.3, -0.25) is 0 Å². The summed E-state index contributed by atoms with van der Waals surface area (Å²) in [7, 11) is 0. The normalized spacial score (nSPS) is 11.9. The molecule has 2 aromatic carbocycles. The Labute approximate surface area is 123 Å². The summed E-state index contributed by atoms with van der Waals surface area (Å²) in [6.07, 6.45) is -1.08. The highest BCUT2D eigenvalue weighted by atomic mass is 79.9. The van der Waals surface area contributed by atoms with Gasteiger partial charge in [0.05, 0.1) is 5.02 Å². The molecule has 0 aliphatic rings. The molecule has 0 unspecified atom stereocenters. The lowest BCUT2D eigenvalue weighted by molar-refractivity contribution is -0.145. The molecule has 3 nitrogen and oxygen atoms in total. The summed E-state index contributed by atoms with van der Waals surface area (Å²) in [5.74, 6) is -0.730. The van der Waals surface area contributed by atoms with E-state index in [4.69, 9.17) is 16.3 Å². The van der Waals surface area contributed by atoms with Crippen molar-refractivity contribution in [3.05, 3.63) is 63.6 Å². The molecule has 0 saturated carbocycles. The zero-order chi connectivity index (χ0) is 13.8. The molecule has 2 rings (SSSR count). The summed E-state index contributed by atoms with van der Waals surface area (Å²) in [5, 5.41) is 9.61. The molecule has 1 N–H and O–H groups in total. The van der Waals surface area contributed by atoms with E-state index in [1.54, 1.807) is 42.5 Å². The van der Waals surface area contributed by atoms with Crippen LogP contribution in [0.4, 0.5) is 0 Å². The van der Waals surface area contributed by atoms with Crippen LogP contribution in [0, 0.1) is 0 Å². The molecule has 0 spiro atoms. The number of carboxylic acids is 1. The fourth-order valence-electron chi connectivity index (χ4n) is 1.59. The lowest BCUT2D eigenvalue weighted by Gasteiger charge is -2.16. The van der Waals surface area contributed by atoms with Gasteiger partial charge < -0.3 is 9.84 Å². The van der Waals surface area contributed by atoms with Crippen LogP contribution >= 0.6 is 27.5 Å². The van der Waals surface area contributed by atoms with E-state index in [1.807, 2.05) is 6.07 Å². The van der Waals surface area contributed by atoms with Gasteiger partial charge in [-0.25, -0.2) is 4.79 Å². The van der Waals surface area contributed by atoms with Gasteiger partial charge in [0.15, 0.2) is 0 Å². The molecule has 0 aliphatic carbocycles. The minimum Gasteiger partial charge on any atom is -0.478 e. The van der Waals surface area contributed by atoms with Crippen molar-refractivity contribution in [2.75, 3.05) is 0 Å². The molecule has 0 fully saturated rings. The molecule has 0 heterocycles. The second-order valence-electron chi connectivity index (χ2n) is 3.82. The first kappa shape index (κ1) is 13.9. The summed E-state index contributed by atoms with van der Waals surface area (Å²) in [6, 6.07) is 13.8. The zero-order valence-corrected chi connectivity index (χ0v) is 12.1. The van der Waals surface area contributed by atoms with Crippen LogP contribution in [0.5, 0.6) is 5.75 Å². The Balaban J connectivity index is 2.29. The van der Waals surface area contributed by atoms with Crippen molar-refractivity contribution >= 4 is 33.5 Å². The third-order valence-corrected chi connectivity index (χ3v) is 3.25. The molecular formula is C14H10BrClO3. The molecule has 0 bridgehead atoms. The third-order valence-electron chi connectivity index (χ3n) is 2.47. The van der Waals surface area contributed by atoms with Crippen LogP contribution in [-0.2, 0) is 4.79 Å². The van der Waals surface area contributed by atoms with Crippen LogP contribution in [0.15, 0.2) is 53.0 Å². The van der Waals surface area contributed by atoms with Gasteiger partial charge in [0.25, 0.3) is 0 Å². The summed E-state index contributed by atoms with van der Waals surface area (Å²) >= 11 is 9.30. The summed E-state index contributed by atoms with van der Waals surface area (Å²) < 4.78 is 6.30. The Hall–Kier alpha value is -1.52. The number of aliphatic carboxylic acids is 1. The number of benzene rings is 2. The summed E-state index contributed by atoms with van der Waals surface area (Å²) in [6.45, 7) is 0. The molecular weight excluding hydrogens is 332 g/mol. The standard InChI is InChI=1S/C14H10BrClO3/c15-10-6-7-12(11(16)8-10)19-13(14(17)18)9-4-2-1-3-5-9/h1-8,13H,(H,17,18)/t13-/m0/s1. The van der Waals surface area contributed by atoms with Crippen molar-refractivity contribution in [1.82, 2.24) is 0 Å². The zero-order valence-electron chi connectivity index (χ0n) is 9.72. The number of hydrogen-bond donors (Lipinski definition) is 1. The molecule has 0 saturated heterocycles. The number of carbonyl (C=O) groups is 1. The highest BCUT2D eigenvalue weighted by Crippen LogP contribution is 2.31. The first-order chi connectivity index (χ1) is 9.08. The molecule has 0 radical (unpaired) electrons. The Bertz CT molecular complexity index is 586. The largest absolute Gasteiger partial charge is 0.478 e. The molecule has 0 amide bonds. The minimum absolute atomic E-state index is 0.334. The van der Waals surface area contributed by atoms with E-state index in [-0.39, 0.29) is 0 Å². The van der Waals surface area contributed by atoms with E-state index in [2.05, 4.69) is 15.9 Å². The van der Waals surface area contributed by atoms with E-state index in [1.165, 1.54) is 0 Å². The lowest BCUT2D eigenvalue weighted by atomic mass is 10.1. The van der Waals surface area contributed by atoms with Gasteiger partial charge in [-0.05, 0) is 18.2 Å². The molecule has 0 aromatic heterocycles. The second-order valence-corrected chi connectivity index (χ2v) is 5.14. The van der Waals surface area contributed by atoms with Gasteiger partial charge in [-0.1, -0.05) is 57.9 Å². The van der Waals surface area contributed by atoms with Crippen molar-refractivity contribution in [1.29, 1.82) is 0 Å². The Kier molecular flexibility index (Phi) is 4.45. The molecule has 2 aromatic rings. The highest BCUT2D eigenvalue weighted by molar-refractivity contribution is 9.10. The van der Waals surface area contributed by atoms with Crippen molar-refractivity contribution < 1.29 is 14.6 Å². The van der Waals surface area contributed by atoms with Gasteiger partial charge in [0, 0.05) is 10.0 Å². The van der Waals surface area contributed by atoms with Crippen LogP contribution in [0.25, 0.3) is 0 Å². The first-order valence-electron chi connectivity index (χ1n) is 5.47. The topological polar surface area (TPSA) is 46.5 Å². The maximum Gasteiger partial charge on any atom is 0.349 e. The summed E-state index contributed by atoms with van der Waals surface area (Å²) in [5.41, 5.74) is 0.564. The molecule has 98 valence electrons. The molecule has 5 heteroatoms. The van der Waals surface area contributed by atoms with Gasteiger partial charge in [-0.2, -0.15) is 0 Å². The number of ether oxygens (including phenoxy) is 1. The number of hydrogen-bond acceptors (Lipinski definition) is 2. The Morgan fingerprint density at radius 2 is 1.89 bits per heavy atom. The van der Waals surface area contributed by atoms with Crippen LogP contribution in [0.3, 0.4) is 0 Å². The van der Waals surface area contributed by atoms with E-state index < -0.39 is 12.1 Å². The van der Waals surface area contributed by atoms with Crippen LogP contribution < -0.4 is 4.74 Å². The lowest BCUT2D eigenvalue weighted by Crippen LogP contribution is -2.18. The fourth-order valence-corrected chi connectivity index (χ4v) is 2.30. The van der Waals surface area contributed by atoms with Crippen molar-refractivity contribution in [3.63, 3.8) is 0 Å².